The number of hydrogen-bond donors (Lipinski definition) is 1. The van der Waals surface area contributed by atoms with E-state index < -0.39 is 30.3 Å². The molecule has 2 aliphatic rings. The second-order valence-electron chi connectivity index (χ2n) is 8.12. The van der Waals surface area contributed by atoms with E-state index in [1.165, 1.54) is 18.2 Å². The van der Waals surface area contributed by atoms with Crippen LogP contribution in [0.5, 0.6) is 0 Å². The monoisotopic (exact) mass is 436 g/mol. The Bertz CT molecular complexity index is 1080. The van der Waals surface area contributed by atoms with Gasteiger partial charge in [0.2, 0.25) is 0 Å². The molecule has 1 fully saturated rings. The van der Waals surface area contributed by atoms with E-state index in [1.54, 1.807) is 0 Å². The Kier molecular flexibility index (Phi) is 6.05. The fourth-order valence-corrected chi connectivity index (χ4v) is 4.03. The molecule has 0 unspecified atom stereocenters. The summed E-state index contributed by atoms with van der Waals surface area (Å²) in [6.45, 7) is 4.20. The summed E-state index contributed by atoms with van der Waals surface area (Å²) in [5.74, 6) is -2.07. The second kappa shape index (κ2) is 8.92. The molecule has 8 nitrogen and oxygen atoms in total. The summed E-state index contributed by atoms with van der Waals surface area (Å²) < 4.78 is 10.6. The summed E-state index contributed by atoms with van der Waals surface area (Å²) in [4.78, 5) is 51.1. The molecule has 166 valence electrons. The number of rotatable bonds is 6. The summed E-state index contributed by atoms with van der Waals surface area (Å²) in [5.41, 5.74) is 3.13. The molecule has 0 saturated carbocycles. The average molecular weight is 436 g/mol. The number of nitrogens with zero attached hydrogens (tertiary/aromatic N) is 1. The molecular formula is C24H24N2O6. The Morgan fingerprint density at radius 1 is 1.06 bits per heavy atom. The van der Waals surface area contributed by atoms with Crippen molar-refractivity contribution < 1.29 is 28.7 Å². The molecule has 3 amide bonds. The van der Waals surface area contributed by atoms with Crippen LogP contribution in [0, 0.1) is 13.8 Å². The summed E-state index contributed by atoms with van der Waals surface area (Å²) in [7, 11) is 0. The van der Waals surface area contributed by atoms with Gasteiger partial charge in [-0.3, -0.25) is 19.3 Å². The molecule has 2 aromatic rings. The van der Waals surface area contributed by atoms with Gasteiger partial charge in [0.15, 0.2) is 6.61 Å². The number of carbonyl (C=O) groups excluding carboxylic acids is 4. The first-order valence-electron chi connectivity index (χ1n) is 10.5. The SMILES string of the molecule is Cc1cc(C)cc(NC(=O)COC(=O)c2ccc3c(c2)C(=O)N(C[C@H]2CCCO2)C3=O)c1. The van der Waals surface area contributed by atoms with Crippen molar-refractivity contribution in [3.63, 3.8) is 0 Å². The van der Waals surface area contributed by atoms with E-state index in [0.29, 0.717) is 12.3 Å². The number of carbonyl (C=O) groups is 4. The van der Waals surface area contributed by atoms with E-state index >= 15 is 0 Å². The second-order valence-corrected chi connectivity index (χ2v) is 8.12. The van der Waals surface area contributed by atoms with Crippen LogP contribution in [-0.2, 0) is 14.3 Å². The first-order chi connectivity index (χ1) is 15.3. The summed E-state index contributed by atoms with van der Waals surface area (Å²) >= 11 is 0. The van der Waals surface area contributed by atoms with Gasteiger partial charge in [-0.05, 0) is 68.1 Å². The van der Waals surface area contributed by atoms with Crippen molar-refractivity contribution >= 4 is 29.4 Å². The van der Waals surface area contributed by atoms with Gasteiger partial charge in [0.25, 0.3) is 17.7 Å². The minimum atomic E-state index is -0.749. The zero-order valence-electron chi connectivity index (χ0n) is 18.0. The Morgan fingerprint density at radius 2 is 1.78 bits per heavy atom. The number of amides is 3. The third-order valence-electron chi connectivity index (χ3n) is 5.46. The van der Waals surface area contributed by atoms with Crippen molar-refractivity contribution in [2.75, 3.05) is 25.1 Å². The van der Waals surface area contributed by atoms with Crippen molar-refractivity contribution in [2.24, 2.45) is 0 Å². The molecular weight excluding hydrogens is 412 g/mol. The molecule has 0 aliphatic carbocycles. The molecule has 4 rings (SSSR count). The molecule has 1 atom stereocenters. The van der Waals surface area contributed by atoms with Crippen LogP contribution in [0.15, 0.2) is 36.4 Å². The molecule has 1 saturated heterocycles. The summed E-state index contributed by atoms with van der Waals surface area (Å²) in [6, 6.07) is 9.82. The lowest BCUT2D eigenvalue weighted by molar-refractivity contribution is -0.119. The largest absolute Gasteiger partial charge is 0.452 e. The fourth-order valence-electron chi connectivity index (χ4n) is 4.03. The van der Waals surface area contributed by atoms with Crippen molar-refractivity contribution in [2.45, 2.75) is 32.8 Å². The molecule has 2 aliphatic heterocycles. The van der Waals surface area contributed by atoms with Gasteiger partial charge in [-0.1, -0.05) is 6.07 Å². The van der Waals surface area contributed by atoms with Crippen molar-refractivity contribution in [1.29, 1.82) is 0 Å². The van der Waals surface area contributed by atoms with Crippen LogP contribution in [0.3, 0.4) is 0 Å². The first kappa shape index (κ1) is 21.7. The van der Waals surface area contributed by atoms with Crippen LogP contribution in [0.1, 0.15) is 55.0 Å². The van der Waals surface area contributed by atoms with Crippen molar-refractivity contribution in [3.05, 3.63) is 64.2 Å². The summed E-state index contributed by atoms with van der Waals surface area (Å²) in [6.07, 6.45) is 1.55. The quantitative estimate of drug-likeness (QED) is 0.552. The zero-order chi connectivity index (χ0) is 22.8. The van der Waals surface area contributed by atoms with Gasteiger partial charge in [-0.25, -0.2) is 4.79 Å². The molecule has 2 heterocycles. The fraction of sp³-hybridized carbons (Fsp3) is 0.333. The van der Waals surface area contributed by atoms with Crippen LogP contribution < -0.4 is 5.32 Å². The molecule has 0 aromatic heterocycles. The highest BCUT2D eigenvalue weighted by atomic mass is 16.5. The Labute approximate surface area is 185 Å². The normalized spacial score (nSPS) is 17.4. The number of anilines is 1. The van der Waals surface area contributed by atoms with Crippen LogP contribution in [0.4, 0.5) is 5.69 Å². The van der Waals surface area contributed by atoms with Crippen LogP contribution in [0.25, 0.3) is 0 Å². The molecule has 2 aromatic carbocycles. The van der Waals surface area contributed by atoms with Gasteiger partial charge in [0.1, 0.15) is 0 Å². The van der Waals surface area contributed by atoms with Crippen molar-refractivity contribution in [3.8, 4) is 0 Å². The lowest BCUT2D eigenvalue weighted by Gasteiger charge is -2.17. The number of hydrogen-bond acceptors (Lipinski definition) is 6. The van der Waals surface area contributed by atoms with Gasteiger partial charge in [0, 0.05) is 12.3 Å². The predicted octanol–water partition coefficient (Wildman–Crippen LogP) is 2.87. The number of benzene rings is 2. The number of ether oxygens (including phenoxy) is 2. The van der Waals surface area contributed by atoms with Gasteiger partial charge < -0.3 is 14.8 Å². The number of fused-ring (bicyclic) bond motifs is 1. The van der Waals surface area contributed by atoms with E-state index in [2.05, 4.69) is 5.32 Å². The summed E-state index contributed by atoms with van der Waals surface area (Å²) in [5, 5.41) is 2.69. The van der Waals surface area contributed by atoms with Crippen LogP contribution >= 0.6 is 0 Å². The van der Waals surface area contributed by atoms with E-state index in [4.69, 9.17) is 9.47 Å². The van der Waals surface area contributed by atoms with E-state index in [-0.39, 0.29) is 29.3 Å². The maximum atomic E-state index is 12.7. The number of esters is 1. The molecule has 0 spiro atoms. The highest BCUT2D eigenvalue weighted by Crippen LogP contribution is 2.26. The number of imide groups is 1. The molecule has 8 heteroatoms. The maximum absolute atomic E-state index is 12.7. The van der Waals surface area contributed by atoms with Gasteiger partial charge >= 0.3 is 5.97 Å². The van der Waals surface area contributed by atoms with Gasteiger partial charge in [-0.15, -0.1) is 0 Å². The standard InChI is InChI=1S/C24H24N2O6/c1-14-8-15(2)10-17(9-14)25-21(27)13-32-24(30)16-5-6-19-20(11-16)23(29)26(22(19)28)12-18-4-3-7-31-18/h5-6,8-11,18H,3-4,7,12-13H2,1-2H3,(H,25,27)/t18-/m1/s1. The molecule has 0 radical (unpaired) electrons. The highest BCUT2D eigenvalue weighted by molar-refractivity contribution is 6.22. The molecule has 1 N–H and O–H groups in total. The Hall–Kier alpha value is -3.52. The van der Waals surface area contributed by atoms with E-state index in [9.17, 15) is 19.2 Å². The number of aryl methyl sites for hydroxylation is 2. The topological polar surface area (TPSA) is 102 Å². The van der Waals surface area contributed by atoms with E-state index in [1.807, 2.05) is 32.0 Å². The predicted molar refractivity (Wildman–Crippen MR) is 116 cm³/mol. The average Bonchev–Trinajstić information content (AvgIpc) is 3.34. The minimum absolute atomic E-state index is 0.100. The highest BCUT2D eigenvalue weighted by Gasteiger charge is 2.38. The molecule has 0 bridgehead atoms. The van der Waals surface area contributed by atoms with Crippen LogP contribution in [0.2, 0.25) is 0 Å². The van der Waals surface area contributed by atoms with E-state index in [0.717, 1.165) is 28.9 Å². The number of nitrogens with one attached hydrogen (secondary N) is 1. The van der Waals surface area contributed by atoms with Gasteiger partial charge in [0.05, 0.1) is 29.3 Å². The lowest BCUT2D eigenvalue weighted by atomic mass is 10.1. The third-order valence-corrected chi connectivity index (χ3v) is 5.46. The van der Waals surface area contributed by atoms with Crippen molar-refractivity contribution in [1.82, 2.24) is 4.90 Å². The van der Waals surface area contributed by atoms with Crippen LogP contribution in [-0.4, -0.2) is 54.5 Å². The maximum Gasteiger partial charge on any atom is 0.338 e. The third kappa shape index (κ3) is 4.55. The smallest absolute Gasteiger partial charge is 0.338 e. The Balaban J connectivity index is 1.38. The lowest BCUT2D eigenvalue weighted by Crippen LogP contribution is -2.36. The minimum Gasteiger partial charge on any atom is -0.452 e. The van der Waals surface area contributed by atoms with Gasteiger partial charge in [-0.2, -0.15) is 0 Å². The zero-order valence-corrected chi connectivity index (χ0v) is 18.0. The Morgan fingerprint density at radius 3 is 2.47 bits per heavy atom. The molecule has 32 heavy (non-hydrogen) atoms. The first-order valence-corrected chi connectivity index (χ1v) is 10.5.